The molecule has 1 fully saturated rings. The first-order valence-electron chi connectivity index (χ1n) is 9.36. The maximum atomic E-state index is 13.5. The fourth-order valence-corrected chi connectivity index (χ4v) is 2.95. The predicted octanol–water partition coefficient (Wildman–Crippen LogP) is -1.16. The minimum atomic E-state index is -1.18. The number of piperidine rings is 1. The van der Waals surface area contributed by atoms with Crippen LogP contribution >= 0.6 is 0 Å². The van der Waals surface area contributed by atoms with Gasteiger partial charge in [-0.2, -0.15) is 0 Å². The highest BCUT2D eigenvalue weighted by Crippen LogP contribution is 2.18. The van der Waals surface area contributed by atoms with E-state index in [1.165, 1.54) is 18.2 Å². The maximum absolute atomic E-state index is 13.5. The fourth-order valence-electron chi connectivity index (χ4n) is 2.95. The number of para-hydroxylation sites is 1. The molecule has 2 rings (SSSR count). The van der Waals surface area contributed by atoms with Crippen molar-refractivity contribution in [3.63, 3.8) is 0 Å². The summed E-state index contributed by atoms with van der Waals surface area (Å²) in [5, 5.41) is 18.3. The van der Waals surface area contributed by atoms with Crippen LogP contribution in [0.4, 0.5) is 10.1 Å². The molecule has 11 heteroatoms. The molecule has 0 spiro atoms. The van der Waals surface area contributed by atoms with Gasteiger partial charge in [-0.1, -0.05) is 12.1 Å². The maximum Gasteiger partial charge on any atom is 0.313 e. The van der Waals surface area contributed by atoms with Crippen LogP contribution in [0.2, 0.25) is 0 Å². The van der Waals surface area contributed by atoms with Gasteiger partial charge in [0.2, 0.25) is 11.8 Å². The first kappa shape index (κ1) is 22.9. The lowest BCUT2D eigenvalue weighted by Crippen LogP contribution is -2.50. The van der Waals surface area contributed by atoms with Gasteiger partial charge in [-0.3, -0.25) is 24.0 Å². The third-order valence-electron chi connectivity index (χ3n) is 4.54. The van der Waals surface area contributed by atoms with E-state index < -0.39 is 54.4 Å². The largest absolute Gasteiger partial charge is 0.389 e. The van der Waals surface area contributed by atoms with Crippen LogP contribution in [0.5, 0.6) is 0 Å². The minimum Gasteiger partial charge on any atom is -0.389 e. The molecule has 0 radical (unpaired) electrons. The summed E-state index contributed by atoms with van der Waals surface area (Å²) in [7, 11) is 0. The van der Waals surface area contributed by atoms with Crippen LogP contribution in [0.25, 0.3) is 0 Å². The number of benzene rings is 1. The van der Waals surface area contributed by atoms with Crippen molar-refractivity contribution in [3.8, 4) is 0 Å². The summed E-state index contributed by atoms with van der Waals surface area (Å²) in [6, 6.07) is 4.14. The molecule has 0 bridgehead atoms. The topological polar surface area (TPSA) is 154 Å². The van der Waals surface area contributed by atoms with Crippen molar-refractivity contribution < 1.29 is 33.5 Å². The number of halogens is 1. The van der Waals surface area contributed by atoms with E-state index in [2.05, 4.69) is 21.3 Å². The van der Waals surface area contributed by atoms with Crippen molar-refractivity contribution >= 4 is 35.1 Å². The molecule has 30 heavy (non-hydrogen) atoms. The molecule has 1 aromatic carbocycles. The number of anilines is 1. The van der Waals surface area contributed by atoms with E-state index >= 15 is 0 Å². The number of ketones is 1. The summed E-state index contributed by atoms with van der Waals surface area (Å²) >= 11 is 0. The van der Waals surface area contributed by atoms with E-state index in [1.807, 2.05) is 0 Å². The van der Waals surface area contributed by atoms with Gasteiger partial charge in [-0.05, 0) is 31.4 Å². The van der Waals surface area contributed by atoms with Crippen LogP contribution in [-0.4, -0.2) is 60.3 Å². The van der Waals surface area contributed by atoms with E-state index in [-0.39, 0.29) is 18.0 Å². The van der Waals surface area contributed by atoms with Crippen LogP contribution in [0.15, 0.2) is 24.3 Å². The second-order valence-electron chi connectivity index (χ2n) is 6.73. The molecule has 2 atom stereocenters. The van der Waals surface area contributed by atoms with Gasteiger partial charge in [0.25, 0.3) is 0 Å². The number of Topliss-reactive ketones (excluding diaryl/α,β-unsaturated/α-hetero) is 1. The number of hydrogen-bond donors (Lipinski definition) is 5. The molecule has 1 aliphatic rings. The molecular formula is C19H23FN4O6. The Labute approximate surface area is 171 Å². The highest BCUT2D eigenvalue weighted by molar-refractivity contribution is 6.39. The predicted molar refractivity (Wildman–Crippen MR) is 102 cm³/mol. The molecule has 162 valence electrons. The lowest BCUT2D eigenvalue weighted by atomic mass is 9.90. The Bertz CT molecular complexity index is 831. The highest BCUT2D eigenvalue weighted by Gasteiger charge is 2.29. The first-order chi connectivity index (χ1) is 14.3. The number of aliphatic hydroxyl groups is 1. The van der Waals surface area contributed by atoms with E-state index in [1.54, 1.807) is 0 Å². The second kappa shape index (κ2) is 11.0. The molecule has 1 aromatic rings. The lowest BCUT2D eigenvalue weighted by molar-refractivity contribution is -0.137. The van der Waals surface area contributed by atoms with E-state index in [0.717, 1.165) is 12.5 Å². The Balaban J connectivity index is 1.86. The van der Waals surface area contributed by atoms with Gasteiger partial charge in [-0.15, -0.1) is 0 Å². The summed E-state index contributed by atoms with van der Waals surface area (Å²) < 4.78 is 13.5. The molecule has 1 saturated heterocycles. The standard InChI is InChI=1S/C19H23FN4O6/c20-12-5-1-2-6-13(12)24-19(30)18(29)22-9-16(27)23-14(15(26)10-25)8-11-4-3-7-21-17(11)28/h1-2,5-6,11,14,25H,3-4,7-10H2,(H,21,28)(H,22,29)(H,23,27)(H,24,30). The zero-order valence-corrected chi connectivity index (χ0v) is 16.1. The summed E-state index contributed by atoms with van der Waals surface area (Å²) in [6.45, 7) is -0.909. The average molecular weight is 422 g/mol. The number of carbonyl (C=O) groups excluding carboxylic acids is 5. The molecule has 0 aromatic heterocycles. The van der Waals surface area contributed by atoms with Gasteiger partial charge in [0.05, 0.1) is 18.3 Å². The Hall–Kier alpha value is -3.34. The Morgan fingerprint density at radius 3 is 2.60 bits per heavy atom. The van der Waals surface area contributed by atoms with Crippen LogP contribution < -0.4 is 21.3 Å². The van der Waals surface area contributed by atoms with Crippen molar-refractivity contribution in [3.05, 3.63) is 30.1 Å². The van der Waals surface area contributed by atoms with Crippen molar-refractivity contribution in [2.24, 2.45) is 5.92 Å². The summed E-state index contributed by atoms with van der Waals surface area (Å²) in [6.07, 6.45) is 1.29. The lowest BCUT2D eigenvalue weighted by Gasteiger charge is -2.26. The highest BCUT2D eigenvalue weighted by atomic mass is 19.1. The molecule has 4 amide bonds. The number of carbonyl (C=O) groups is 5. The third kappa shape index (κ3) is 6.62. The fraction of sp³-hybridized carbons (Fsp3) is 0.421. The van der Waals surface area contributed by atoms with Gasteiger partial charge >= 0.3 is 11.8 Å². The third-order valence-corrected chi connectivity index (χ3v) is 4.54. The SMILES string of the molecule is O=C(CNC(=O)C(=O)Nc1ccccc1F)NC(CC1CCCNC1=O)C(=O)CO. The number of hydrogen-bond acceptors (Lipinski definition) is 6. The zero-order chi connectivity index (χ0) is 22.1. The van der Waals surface area contributed by atoms with Crippen molar-refractivity contribution in [2.45, 2.75) is 25.3 Å². The van der Waals surface area contributed by atoms with E-state index in [4.69, 9.17) is 5.11 Å². The van der Waals surface area contributed by atoms with Gasteiger partial charge in [0, 0.05) is 12.5 Å². The summed E-state index contributed by atoms with van der Waals surface area (Å²) in [5.74, 6) is -5.26. The minimum absolute atomic E-state index is 0.0126. The molecule has 5 N–H and O–H groups in total. The Morgan fingerprint density at radius 2 is 1.93 bits per heavy atom. The van der Waals surface area contributed by atoms with E-state index in [0.29, 0.717) is 13.0 Å². The monoisotopic (exact) mass is 422 g/mol. The van der Waals surface area contributed by atoms with Crippen molar-refractivity contribution in [1.29, 1.82) is 0 Å². The van der Waals surface area contributed by atoms with Gasteiger partial charge in [0.15, 0.2) is 5.78 Å². The molecule has 1 aliphatic heterocycles. The van der Waals surface area contributed by atoms with Gasteiger partial charge in [-0.25, -0.2) is 4.39 Å². The first-order valence-corrected chi connectivity index (χ1v) is 9.36. The number of amides is 4. The molecule has 1 heterocycles. The second-order valence-corrected chi connectivity index (χ2v) is 6.73. The van der Waals surface area contributed by atoms with Gasteiger partial charge < -0.3 is 26.4 Å². The molecule has 2 unspecified atom stereocenters. The summed E-state index contributed by atoms with van der Waals surface area (Å²) in [5.41, 5.74) is -0.193. The van der Waals surface area contributed by atoms with Crippen LogP contribution in [0.1, 0.15) is 19.3 Å². The number of nitrogens with one attached hydrogen (secondary N) is 4. The molecule has 0 saturated carbocycles. The van der Waals surface area contributed by atoms with E-state index in [9.17, 15) is 28.4 Å². The number of aliphatic hydroxyl groups excluding tert-OH is 1. The van der Waals surface area contributed by atoms with Crippen LogP contribution in [-0.2, 0) is 24.0 Å². The van der Waals surface area contributed by atoms with Crippen molar-refractivity contribution in [1.82, 2.24) is 16.0 Å². The van der Waals surface area contributed by atoms with Crippen LogP contribution in [0.3, 0.4) is 0 Å². The van der Waals surface area contributed by atoms with Gasteiger partial charge in [0.1, 0.15) is 12.4 Å². The van der Waals surface area contributed by atoms with Crippen LogP contribution in [0, 0.1) is 11.7 Å². The van der Waals surface area contributed by atoms with Crippen molar-refractivity contribution in [2.75, 3.05) is 25.0 Å². The number of rotatable bonds is 8. The molecular weight excluding hydrogens is 399 g/mol. The molecule has 0 aliphatic carbocycles. The normalized spacial score (nSPS) is 16.7. The summed E-state index contributed by atoms with van der Waals surface area (Å²) in [4.78, 5) is 59.5. The quantitative estimate of drug-likeness (QED) is 0.333. The Morgan fingerprint density at radius 1 is 1.20 bits per heavy atom. The molecule has 10 nitrogen and oxygen atoms in total. The Kier molecular flexibility index (Phi) is 8.41. The zero-order valence-electron chi connectivity index (χ0n) is 16.1. The smallest absolute Gasteiger partial charge is 0.313 e. The average Bonchev–Trinajstić information content (AvgIpc) is 2.74.